The third kappa shape index (κ3) is 3.19. The van der Waals surface area contributed by atoms with Crippen LogP contribution < -0.4 is 0 Å². The highest BCUT2D eigenvalue weighted by Gasteiger charge is 2.33. The van der Waals surface area contributed by atoms with Crippen molar-refractivity contribution in [1.29, 1.82) is 0 Å². The molecule has 1 aromatic rings. The Morgan fingerprint density at radius 3 is 2.92 bits per heavy atom. The van der Waals surface area contributed by atoms with E-state index in [9.17, 15) is 0 Å². The predicted octanol–water partition coefficient (Wildman–Crippen LogP) is 4.94. The molecule has 136 valence electrons. The minimum Gasteiger partial charge on any atom is -0.289 e. The Hall–Kier alpha value is -1.71. The molecule has 3 atom stereocenters. The maximum atomic E-state index is 4.83. The Labute approximate surface area is 158 Å². The van der Waals surface area contributed by atoms with Crippen molar-refractivity contribution in [2.24, 2.45) is 10.9 Å². The first kappa shape index (κ1) is 17.7. The average Bonchev–Trinajstić information content (AvgIpc) is 2.82. The van der Waals surface area contributed by atoms with Gasteiger partial charge in [-0.15, -0.1) is 0 Å². The van der Waals surface area contributed by atoms with E-state index in [4.69, 9.17) is 9.98 Å². The minimum atomic E-state index is 0.422. The molecule has 3 heterocycles. The van der Waals surface area contributed by atoms with Gasteiger partial charge in [0.15, 0.2) is 0 Å². The summed E-state index contributed by atoms with van der Waals surface area (Å²) in [4.78, 5) is 14.3. The van der Waals surface area contributed by atoms with Crippen LogP contribution in [-0.4, -0.2) is 29.5 Å². The average molecular weight is 347 g/mol. The van der Waals surface area contributed by atoms with E-state index in [0.29, 0.717) is 17.8 Å². The van der Waals surface area contributed by atoms with Crippen molar-refractivity contribution in [3.8, 4) is 0 Å². The van der Waals surface area contributed by atoms with Crippen molar-refractivity contribution in [2.75, 3.05) is 6.54 Å². The topological polar surface area (TPSA) is 38.1 Å². The predicted molar refractivity (Wildman–Crippen MR) is 112 cm³/mol. The molecule has 4 heteroatoms. The Kier molecular flexibility index (Phi) is 5.10. The molecule has 4 rings (SSSR count). The second-order valence-electron chi connectivity index (χ2n) is 8.29. The van der Waals surface area contributed by atoms with Gasteiger partial charge in [-0.2, -0.15) is 0 Å². The summed E-state index contributed by atoms with van der Waals surface area (Å²) in [7, 11) is 1.38. The van der Waals surface area contributed by atoms with E-state index in [1.807, 2.05) is 0 Å². The van der Waals surface area contributed by atoms with Crippen LogP contribution in [-0.2, 0) is 0 Å². The lowest BCUT2D eigenvalue weighted by Gasteiger charge is -2.24. The third-order valence-corrected chi connectivity index (χ3v) is 6.38. The lowest BCUT2D eigenvalue weighted by molar-refractivity contribution is 0.578. The molecule has 2 aliphatic heterocycles. The second kappa shape index (κ2) is 7.50. The number of aromatic nitrogens is 2. The van der Waals surface area contributed by atoms with Crippen LogP contribution in [0.1, 0.15) is 75.2 Å². The van der Waals surface area contributed by atoms with Crippen LogP contribution in [0.25, 0.3) is 6.08 Å². The fourth-order valence-corrected chi connectivity index (χ4v) is 5.00. The van der Waals surface area contributed by atoms with Crippen LogP contribution in [0.15, 0.2) is 28.5 Å². The fraction of sp³-hybridized carbons (Fsp3) is 0.591. The molecule has 0 saturated carbocycles. The van der Waals surface area contributed by atoms with Gasteiger partial charge in [-0.1, -0.05) is 45.4 Å². The second-order valence-corrected chi connectivity index (χ2v) is 8.29. The lowest BCUT2D eigenvalue weighted by atomic mass is 9.70. The van der Waals surface area contributed by atoms with E-state index >= 15 is 0 Å². The molecule has 1 aromatic heterocycles. The van der Waals surface area contributed by atoms with E-state index in [1.165, 1.54) is 67.3 Å². The first-order chi connectivity index (χ1) is 12.7. The third-order valence-electron chi connectivity index (χ3n) is 6.38. The van der Waals surface area contributed by atoms with Gasteiger partial charge in [-0.25, -0.2) is 9.97 Å². The van der Waals surface area contributed by atoms with E-state index in [2.05, 4.69) is 37.9 Å². The summed E-state index contributed by atoms with van der Waals surface area (Å²) in [5, 5.41) is 0. The van der Waals surface area contributed by atoms with Gasteiger partial charge in [0.25, 0.3) is 0 Å². The highest BCUT2D eigenvalue weighted by molar-refractivity contribution is 6.35. The zero-order valence-electron chi connectivity index (χ0n) is 16.5. The van der Waals surface area contributed by atoms with Gasteiger partial charge in [-0.3, -0.25) is 4.99 Å². The van der Waals surface area contributed by atoms with Gasteiger partial charge in [-0.05, 0) is 42.9 Å². The molecule has 26 heavy (non-hydrogen) atoms. The smallest absolute Gasteiger partial charge is 0.120 e. The number of fused-ring (bicyclic) bond motifs is 1. The quantitative estimate of drug-likeness (QED) is 0.726. The summed E-state index contributed by atoms with van der Waals surface area (Å²) >= 11 is 0. The summed E-state index contributed by atoms with van der Waals surface area (Å²) in [5.41, 5.74) is 7.88. The van der Waals surface area contributed by atoms with Gasteiger partial charge in [0.1, 0.15) is 13.6 Å². The number of rotatable bonds is 3. The minimum absolute atomic E-state index is 0.422. The van der Waals surface area contributed by atoms with Crippen LogP contribution in [0.4, 0.5) is 0 Å². The molecular formula is C22H30BN3. The molecule has 3 nitrogen and oxygen atoms in total. The van der Waals surface area contributed by atoms with Crippen LogP contribution in [0.5, 0.6) is 0 Å². The van der Waals surface area contributed by atoms with Gasteiger partial charge in [0.05, 0.1) is 11.4 Å². The zero-order valence-corrected chi connectivity index (χ0v) is 16.5. The highest BCUT2D eigenvalue weighted by atomic mass is 14.9. The SMILES string of the molecule is CC[C@H]1C(C2=C[C@H](C)CN=C2C)=Cc2ncnc(C3CCBCCC3)c21. The molecule has 1 fully saturated rings. The molecule has 0 bridgehead atoms. The number of dihydropyridines is 1. The Balaban J connectivity index is 1.73. The number of hydrogen-bond acceptors (Lipinski definition) is 3. The number of hydrogen-bond donors (Lipinski definition) is 0. The van der Waals surface area contributed by atoms with Crippen molar-refractivity contribution >= 4 is 19.1 Å². The van der Waals surface area contributed by atoms with Crippen LogP contribution in [0.3, 0.4) is 0 Å². The normalized spacial score (nSPS) is 28.4. The molecule has 1 aliphatic carbocycles. The standard InChI is InChI=1S/C22H30BN3/c1-4-17-19(18-10-14(2)12-24-15(18)3)11-20-21(17)22(26-13-25-20)16-6-5-8-23-9-7-16/h10-11,13-14,16-17,23H,4-9,12H2,1-3H3/t14-,16?,17-/m0/s1. The summed E-state index contributed by atoms with van der Waals surface area (Å²) in [6.45, 7) is 7.64. The van der Waals surface area contributed by atoms with Gasteiger partial charge < -0.3 is 0 Å². The molecule has 1 unspecified atom stereocenters. The summed E-state index contributed by atoms with van der Waals surface area (Å²) in [6, 6.07) is 0. The molecular weight excluding hydrogens is 317 g/mol. The van der Waals surface area contributed by atoms with Crippen molar-refractivity contribution < 1.29 is 0 Å². The monoisotopic (exact) mass is 347 g/mol. The van der Waals surface area contributed by atoms with Crippen molar-refractivity contribution in [3.63, 3.8) is 0 Å². The molecule has 0 N–H and O–H groups in total. The van der Waals surface area contributed by atoms with Crippen LogP contribution in [0.2, 0.25) is 12.6 Å². The van der Waals surface area contributed by atoms with Gasteiger partial charge in [0.2, 0.25) is 0 Å². The van der Waals surface area contributed by atoms with Crippen LogP contribution >= 0.6 is 0 Å². The van der Waals surface area contributed by atoms with E-state index in [-0.39, 0.29) is 0 Å². The van der Waals surface area contributed by atoms with Gasteiger partial charge in [0, 0.05) is 29.7 Å². The number of aliphatic imine (C=N–C) groups is 1. The van der Waals surface area contributed by atoms with Crippen molar-refractivity contribution in [2.45, 2.75) is 70.9 Å². The largest absolute Gasteiger partial charge is 0.289 e. The summed E-state index contributed by atoms with van der Waals surface area (Å²) in [5.74, 6) is 1.56. The molecule has 0 amide bonds. The van der Waals surface area contributed by atoms with Crippen molar-refractivity contribution in [3.05, 3.63) is 40.5 Å². The first-order valence-electron chi connectivity index (χ1n) is 10.5. The molecule has 0 radical (unpaired) electrons. The van der Waals surface area contributed by atoms with Gasteiger partial charge >= 0.3 is 0 Å². The number of allylic oxidation sites excluding steroid dienone is 2. The molecule has 3 aliphatic rings. The van der Waals surface area contributed by atoms with Crippen molar-refractivity contribution in [1.82, 2.24) is 9.97 Å². The maximum absolute atomic E-state index is 4.83. The van der Waals surface area contributed by atoms with E-state index < -0.39 is 0 Å². The van der Waals surface area contributed by atoms with Crippen LogP contribution in [0, 0.1) is 5.92 Å². The molecule has 0 aromatic carbocycles. The Morgan fingerprint density at radius 2 is 2.08 bits per heavy atom. The number of nitrogens with zero attached hydrogens (tertiary/aromatic N) is 3. The fourth-order valence-electron chi connectivity index (χ4n) is 5.00. The first-order valence-corrected chi connectivity index (χ1v) is 10.5. The zero-order chi connectivity index (χ0) is 18.1. The summed E-state index contributed by atoms with van der Waals surface area (Å²) in [6.07, 6.45) is 14.3. The molecule has 1 saturated heterocycles. The Morgan fingerprint density at radius 1 is 1.19 bits per heavy atom. The van der Waals surface area contributed by atoms with E-state index in [1.54, 1.807) is 6.33 Å². The van der Waals surface area contributed by atoms with E-state index in [0.717, 1.165) is 18.7 Å². The molecule has 0 spiro atoms. The summed E-state index contributed by atoms with van der Waals surface area (Å²) < 4.78 is 0. The Bertz CT molecular complexity index is 770. The maximum Gasteiger partial charge on any atom is 0.120 e. The lowest BCUT2D eigenvalue weighted by Crippen LogP contribution is -2.16. The highest BCUT2D eigenvalue weighted by Crippen LogP contribution is 2.46.